The molecule has 0 radical (unpaired) electrons. The van der Waals surface area contributed by atoms with Gasteiger partial charge >= 0.3 is 0 Å². The van der Waals surface area contributed by atoms with Crippen molar-refractivity contribution in [1.29, 1.82) is 0 Å². The molecule has 3 aromatic rings. The first-order chi connectivity index (χ1) is 12.1. The Morgan fingerprint density at radius 3 is 1.80 bits per heavy atom. The van der Waals surface area contributed by atoms with Gasteiger partial charge in [-0.15, -0.1) is 0 Å². The lowest BCUT2D eigenvalue weighted by Crippen LogP contribution is -2.28. The molecule has 0 aliphatic carbocycles. The van der Waals surface area contributed by atoms with Gasteiger partial charge in [0.2, 0.25) is 5.91 Å². The average Bonchev–Trinajstić information content (AvgIpc) is 2.67. The van der Waals surface area contributed by atoms with Gasteiger partial charge in [0.25, 0.3) is 0 Å². The number of hydrogen-bond donors (Lipinski definition) is 0. The van der Waals surface area contributed by atoms with Crippen molar-refractivity contribution in [3.05, 3.63) is 102 Å². The van der Waals surface area contributed by atoms with Gasteiger partial charge in [0.15, 0.2) is 0 Å². The predicted molar refractivity (Wildman–Crippen MR) is 99.2 cm³/mol. The van der Waals surface area contributed by atoms with Gasteiger partial charge in [-0.2, -0.15) is 0 Å². The summed E-state index contributed by atoms with van der Waals surface area (Å²) in [5, 5.41) is 0. The number of carbonyl (C=O) groups is 1. The van der Waals surface area contributed by atoms with E-state index >= 15 is 0 Å². The molecule has 0 fully saturated rings. The molecule has 0 unspecified atom stereocenters. The minimum absolute atomic E-state index is 0.00989. The first kappa shape index (κ1) is 16.9. The van der Waals surface area contributed by atoms with Crippen LogP contribution in [0.5, 0.6) is 0 Å². The Morgan fingerprint density at radius 2 is 1.32 bits per heavy atom. The standard InChI is InChI=1S/C22H20FNO/c1-24(20-14-12-19(23)13-15-20)22(25)16-21(17-8-4-2-5-9-17)18-10-6-3-7-11-18/h2-15,21H,16H2,1H3. The highest BCUT2D eigenvalue weighted by molar-refractivity contribution is 5.93. The fraction of sp³-hybridized carbons (Fsp3) is 0.136. The van der Waals surface area contributed by atoms with Gasteiger partial charge < -0.3 is 4.90 Å². The molecule has 0 saturated carbocycles. The zero-order valence-electron chi connectivity index (χ0n) is 14.1. The average molecular weight is 333 g/mol. The Kier molecular flexibility index (Phi) is 5.24. The van der Waals surface area contributed by atoms with Crippen LogP contribution in [0.3, 0.4) is 0 Å². The Balaban J connectivity index is 1.85. The molecule has 2 nitrogen and oxygen atoms in total. The van der Waals surface area contributed by atoms with Crippen LogP contribution in [0, 0.1) is 5.82 Å². The van der Waals surface area contributed by atoms with E-state index in [1.165, 1.54) is 12.1 Å². The third-order valence-electron chi connectivity index (χ3n) is 4.37. The van der Waals surface area contributed by atoms with Gasteiger partial charge in [0.05, 0.1) is 0 Å². The van der Waals surface area contributed by atoms with Crippen LogP contribution in [0.4, 0.5) is 10.1 Å². The molecule has 0 N–H and O–H groups in total. The SMILES string of the molecule is CN(C(=O)CC(c1ccccc1)c1ccccc1)c1ccc(F)cc1. The van der Waals surface area contributed by atoms with Crippen molar-refractivity contribution >= 4 is 11.6 Å². The van der Waals surface area contributed by atoms with Crippen LogP contribution in [0.25, 0.3) is 0 Å². The minimum atomic E-state index is -0.309. The molecule has 0 bridgehead atoms. The van der Waals surface area contributed by atoms with Crippen LogP contribution in [-0.4, -0.2) is 13.0 Å². The van der Waals surface area contributed by atoms with Crippen LogP contribution in [-0.2, 0) is 4.79 Å². The van der Waals surface area contributed by atoms with E-state index in [4.69, 9.17) is 0 Å². The number of nitrogens with zero attached hydrogens (tertiary/aromatic N) is 1. The highest BCUT2D eigenvalue weighted by Crippen LogP contribution is 2.29. The minimum Gasteiger partial charge on any atom is -0.315 e. The van der Waals surface area contributed by atoms with Crippen molar-refractivity contribution in [3.63, 3.8) is 0 Å². The smallest absolute Gasteiger partial charge is 0.227 e. The molecule has 0 aliphatic rings. The molecule has 25 heavy (non-hydrogen) atoms. The van der Waals surface area contributed by atoms with Crippen LogP contribution in [0.1, 0.15) is 23.5 Å². The molecule has 0 spiro atoms. The fourth-order valence-electron chi connectivity index (χ4n) is 2.92. The highest BCUT2D eigenvalue weighted by atomic mass is 19.1. The van der Waals surface area contributed by atoms with E-state index in [-0.39, 0.29) is 17.6 Å². The van der Waals surface area contributed by atoms with Crippen molar-refractivity contribution in [1.82, 2.24) is 0 Å². The lowest BCUT2D eigenvalue weighted by molar-refractivity contribution is -0.118. The summed E-state index contributed by atoms with van der Waals surface area (Å²) in [6, 6.07) is 26.0. The van der Waals surface area contributed by atoms with Crippen LogP contribution in [0.15, 0.2) is 84.9 Å². The molecule has 0 saturated heterocycles. The van der Waals surface area contributed by atoms with E-state index in [2.05, 4.69) is 0 Å². The van der Waals surface area contributed by atoms with Crippen molar-refractivity contribution < 1.29 is 9.18 Å². The number of rotatable bonds is 5. The summed E-state index contributed by atoms with van der Waals surface area (Å²) in [7, 11) is 1.72. The molecule has 0 aromatic heterocycles. The van der Waals surface area contributed by atoms with Gasteiger partial charge in [-0.05, 0) is 35.4 Å². The van der Waals surface area contributed by atoms with Gasteiger partial charge in [-0.1, -0.05) is 60.7 Å². The maximum absolute atomic E-state index is 13.1. The van der Waals surface area contributed by atoms with E-state index in [0.717, 1.165) is 11.1 Å². The molecule has 3 rings (SSSR count). The molecule has 3 aromatic carbocycles. The van der Waals surface area contributed by atoms with E-state index in [9.17, 15) is 9.18 Å². The maximum Gasteiger partial charge on any atom is 0.227 e. The number of anilines is 1. The van der Waals surface area contributed by atoms with E-state index in [1.54, 1.807) is 24.1 Å². The predicted octanol–water partition coefficient (Wildman–Crippen LogP) is 5.01. The summed E-state index contributed by atoms with van der Waals surface area (Å²) in [4.78, 5) is 14.4. The molecule has 0 atom stereocenters. The van der Waals surface area contributed by atoms with Crippen molar-refractivity contribution in [2.24, 2.45) is 0 Å². The number of halogens is 1. The molecule has 126 valence electrons. The normalized spacial score (nSPS) is 10.7. The molecule has 3 heteroatoms. The molecular weight excluding hydrogens is 313 g/mol. The summed E-state index contributed by atoms with van der Waals surface area (Å²) >= 11 is 0. The summed E-state index contributed by atoms with van der Waals surface area (Å²) in [6.07, 6.45) is 0.349. The number of carbonyl (C=O) groups excluding carboxylic acids is 1. The summed E-state index contributed by atoms with van der Waals surface area (Å²) in [5.74, 6) is -0.335. The third-order valence-corrected chi connectivity index (χ3v) is 4.37. The molecular formula is C22H20FNO. The lowest BCUT2D eigenvalue weighted by atomic mass is 9.88. The number of benzene rings is 3. The Labute approximate surface area is 147 Å². The van der Waals surface area contributed by atoms with Crippen LogP contribution >= 0.6 is 0 Å². The second-order valence-electron chi connectivity index (χ2n) is 6.01. The Bertz CT molecular complexity index is 776. The van der Waals surface area contributed by atoms with E-state index in [1.807, 2.05) is 60.7 Å². The third kappa shape index (κ3) is 4.13. The monoisotopic (exact) mass is 333 g/mol. The zero-order valence-corrected chi connectivity index (χ0v) is 14.1. The quantitative estimate of drug-likeness (QED) is 0.643. The Hall–Kier alpha value is -2.94. The zero-order chi connectivity index (χ0) is 17.6. The van der Waals surface area contributed by atoms with E-state index < -0.39 is 0 Å². The summed E-state index contributed by atoms with van der Waals surface area (Å²) < 4.78 is 13.1. The molecule has 0 aliphatic heterocycles. The van der Waals surface area contributed by atoms with Crippen molar-refractivity contribution in [2.45, 2.75) is 12.3 Å². The molecule has 0 heterocycles. The maximum atomic E-state index is 13.1. The second-order valence-corrected chi connectivity index (χ2v) is 6.01. The first-order valence-electron chi connectivity index (χ1n) is 8.27. The Morgan fingerprint density at radius 1 is 0.840 bits per heavy atom. The molecule has 1 amide bonds. The van der Waals surface area contributed by atoms with E-state index in [0.29, 0.717) is 12.1 Å². The summed E-state index contributed by atoms with van der Waals surface area (Å²) in [5.41, 5.74) is 2.90. The second kappa shape index (κ2) is 7.75. The lowest BCUT2D eigenvalue weighted by Gasteiger charge is -2.22. The van der Waals surface area contributed by atoms with Crippen LogP contribution < -0.4 is 4.90 Å². The summed E-state index contributed by atoms with van der Waals surface area (Å²) in [6.45, 7) is 0. The first-order valence-corrected chi connectivity index (χ1v) is 8.27. The van der Waals surface area contributed by atoms with Crippen molar-refractivity contribution in [3.8, 4) is 0 Å². The van der Waals surface area contributed by atoms with Gasteiger partial charge in [0, 0.05) is 25.1 Å². The fourth-order valence-corrected chi connectivity index (χ4v) is 2.92. The van der Waals surface area contributed by atoms with Crippen LogP contribution in [0.2, 0.25) is 0 Å². The number of amides is 1. The topological polar surface area (TPSA) is 20.3 Å². The van der Waals surface area contributed by atoms with Gasteiger partial charge in [-0.25, -0.2) is 4.39 Å². The number of hydrogen-bond acceptors (Lipinski definition) is 1. The highest BCUT2D eigenvalue weighted by Gasteiger charge is 2.21. The van der Waals surface area contributed by atoms with Gasteiger partial charge in [-0.3, -0.25) is 4.79 Å². The largest absolute Gasteiger partial charge is 0.315 e. The van der Waals surface area contributed by atoms with Gasteiger partial charge in [0.1, 0.15) is 5.82 Å². The van der Waals surface area contributed by atoms with Crippen molar-refractivity contribution in [2.75, 3.05) is 11.9 Å².